The van der Waals surface area contributed by atoms with Crippen molar-refractivity contribution in [2.24, 2.45) is 0 Å². The van der Waals surface area contributed by atoms with Crippen molar-refractivity contribution in [2.45, 2.75) is 44.0 Å². The molecule has 0 radical (unpaired) electrons. The molecular formula is C11H17FN2O2S. The van der Waals surface area contributed by atoms with E-state index in [2.05, 4.69) is 9.71 Å². The Balaban J connectivity index is 3.05. The quantitative estimate of drug-likeness (QED) is 0.881. The van der Waals surface area contributed by atoms with Crippen molar-refractivity contribution >= 4 is 10.0 Å². The zero-order chi connectivity index (χ0) is 13.1. The first kappa shape index (κ1) is 14.1. The van der Waals surface area contributed by atoms with Gasteiger partial charge >= 0.3 is 0 Å². The fourth-order valence-electron chi connectivity index (χ4n) is 1.32. The van der Waals surface area contributed by atoms with Crippen molar-refractivity contribution in [2.75, 3.05) is 0 Å². The molecule has 0 aliphatic carbocycles. The number of halogens is 1. The molecule has 0 spiro atoms. The number of rotatable bonds is 5. The number of aromatic nitrogens is 1. The molecule has 0 atom stereocenters. The Morgan fingerprint density at radius 3 is 2.41 bits per heavy atom. The van der Waals surface area contributed by atoms with Crippen molar-refractivity contribution in [3.05, 3.63) is 24.3 Å². The van der Waals surface area contributed by atoms with Crippen molar-refractivity contribution in [3.63, 3.8) is 0 Å². The van der Waals surface area contributed by atoms with Crippen molar-refractivity contribution in [1.82, 2.24) is 9.71 Å². The molecule has 0 amide bonds. The second-order valence-corrected chi connectivity index (χ2v) is 5.89. The molecule has 0 fully saturated rings. The molecule has 1 aromatic heterocycles. The second kappa shape index (κ2) is 5.10. The van der Waals surface area contributed by atoms with Gasteiger partial charge in [-0.25, -0.2) is 17.5 Å². The minimum absolute atomic E-state index is 0.148. The Hall–Kier alpha value is -1.01. The van der Waals surface area contributed by atoms with E-state index < -0.39 is 21.4 Å². The fourth-order valence-corrected chi connectivity index (χ4v) is 2.84. The van der Waals surface area contributed by atoms with Crippen molar-refractivity contribution in [3.8, 4) is 0 Å². The third-order valence-electron chi connectivity index (χ3n) is 2.93. The minimum atomic E-state index is -3.72. The SMILES string of the molecule is CCC(C)(CC)NS(=O)(=O)c1cncc(F)c1. The Labute approximate surface area is 101 Å². The molecule has 96 valence electrons. The first-order chi connectivity index (χ1) is 7.83. The van der Waals surface area contributed by atoms with Crippen LogP contribution in [0.3, 0.4) is 0 Å². The average molecular weight is 260 g/mol. The molecule has 0 unspecified atom stereocenters. The molecule has 0 aromatic carbocycles. The van der Waals surface area contributed by atoms with Gasteiger partial charge in [-0.3, -0.25) is 4.98 Å². The predicted molar refractivity (Wildman–Crippen MR) is 63.5 cm³/mol. The maximum atomic E-state index is 12.9. The normalized spacial score (nSPS) is 12.7. The lowest BCUT2D eigenvalue weighted by Crippen LogP contribution is -2.44. The molecule has 1 rings (SSSR count). The lowest BCUT2D eigenvalue weighted by molar-refractivity contribution is 0.388. The number of pyridine rings is 1. The van der Waals surface area contributed by atoms with E-state index in [1.807, 2.05) is 20.8 Å². The van der Waals surface area contributed by atoms with Gasteiger partial charge in [0.05, 0.1) is 6.20 Å². The third kappa shape index (κ3) is 3.47. The van der Waals surface area contributed by atoms with Crippen LogP contribution < -0.4 is 4.72 Å². The Bertz CT molecular complexity index is 484. The number of sulfonamides is 1. The van der Waals surface area contributed by atoms with E-state index in [0.29, 0.717) is 12.8 Å². The highest BCUT2D eigenvalue weighted by atomic mass is 32.2. The van der Waals surface area contributed by atoms with Gasteiger partial charge in [0.1, 0.15) is 10.7 Å². The summed E-state index contributed by atoms with van der Waals surface area (Å²) in [6.45, 7) is 5.61. The van der Waals surface area contributed by atoms with E-state index in [4.69, 9.17) is 0 Å². The summed E-state index contributed by atoms with van der Waals surface area (Å²) in [5.74, 6) is -0.664. The van der Waals surface area contributed by atoms with Crippen LogP contribution in [-0.2, 0) is 10.0 Å². The third-order valence-corrected chi connectivity index (χ3v) is 4.54. The van der Waals surface area contributed by atoms with E-state index in [1.165, 1.54) is 0 Å². The highest BCUT2D eigenvalue weighted by Gasteiger charge is 2.27. The van der Waals surface area contributed by atoms with Crippen molar-refractivity contribution in [1.29, 1.82) is 0 Å². The first-order valence-electron chi connectivity index (χ1n) is 5.47. The van der Waals surface area contributed by atoms with Gasteiger partial charge in [-0.15, -0.1) is 0 Å². The van der Waals surface area contributed by atoms with Gasteiger partial charge in [0.2, 0.25) is 10.0 Å². The predicted octanol–water partition coefficient (Wildman–Crippen LogP) is 2.08. The molecule has 0 aliphatic rings. The summed E-state index contributed by atoms with van der Waals surface area (Å²) < 4.78 is 39.5. The molecule has 0 saturated carbocycles. The Morgan fingerprint density at radius 1 is 1.35 bits per heavy atom. The maximum Gasteiger partial charge on any atom is 0.242 e. The van der Waals surface area contributed by atoms with Crippen LogP contribution in [0, 0.1) is 5.82 Å². The second-order valence-electron chi connectivity index (χ2n) is 4.21. The van der Waals surface area contributed by atoms with Crippen LogP contribution in [0.5, 0.6) is 0 Å². The molecule has 1 heterocycles. The van der Waals surface area contributed by atoms with E-state index in [0.717, 1.165) is 18.5 Å². The summed E-state index contributed by atoms with van der Waals surface area (Å²) >= 11 is 0. The molecule has 6 heteroatoms. The molecule has 0 bridgehead atoms. The summed E-state index contributed by atoms with van der Waals surface area (Å²) in [7, 11) is -3.72. The minimum Gasteiger partial charge on any atom is -0.260 e. The Morgan fingerprint density at radius 2 is 1.94 bits per heavy atom. The van der Waals surface area contributed by atoms with Crippen LogP contribution in [0.4, 0.5) is 4.39 Å². The zero-order valence-electron chi connectivity index (χ0n) is 10.2. The van der Waals surface area contributed by atoms with E-state index in [-0.39, 0.29) is 4.90 Å². The molecule has 1 N–H and O–H groups in total. The fraction of sp³-hybridized carbons (Fsp3) is 0.545. The molecule has 0 saturated heterocycles. The van der Waals surface area contributed by atoms with E-state index >= 15 is 0 Å². The van der Waals surface area contributed by atoms with Gasteiger partial charge < -0.3 is 0 Å². The average Bonchev–Trinajstić information content (AvgIpc) is 2.28. The number of hydrogen-bond donors (Lipinski definition) is 1. The lowest BCUT2D eigenvalue weighted by Gasteiger charge is -2.27. The Kier molecular flexibility index (Phi) is 4.21. The standard InChI is InChI=1S/C11H17FN2O2S/c1-4-11(3,5-2)14-17(15,16)10-6-9(12)7-13-8-10/h6-8,14H,4-5H2,1-3H3. The van der Waals surface area contributed by atoms with Gasteiger partial charge in [-0.2, -0.15) is 0 Å². The van der Waals surface area contributed by atoms with Crippen LogP contribution in [0.15, 0.2) is 23.4 Å². The largest absolute Gasteiger partial charge is 0.260 e. The van der Waals surface area contributed by atoms with Gasteiger partial charge in [0, 0.05) is 11.7 Å². The highest BCUT2D eigenvalue weighted by Crippen LogP contribution is 2.18. The first-order valence-corrected chi connectivity index (χ1v) is 6.96. The van der Waals surface area contributed by atoms with Crippen LogP contribution in [0.1, 0.15) is 33.6 Å². The van der Waals surface area contributed by atoms with E-state index in [1.54, 1.807) is 0 Å². The lowest BCUT2D eigenvalue weighted by atomic mass is 9.98. The van der Waals surface area contributed by atoms with Gasteiger partial charge in [-0.1, -0.05) is 13.8 Å². The molecule has 17 heavy (non-hydrogen) atoms. The molecule has 4 nitrogen and oxygen atoms in total. The summed E-state index contributed by atoms with van der Waals surface area (Å²) in [6.07, 6.45) is 3.42. The molecular weight excluding hydrogens is 243 g/mol. The highest BCUT2D eigenvalue weighted by molar-refractivity contribution is 7.89. The smallest absolute Gasteiger partial charge is 0.242 e. The summed E-state index contributed by atoms with van der Waals surface area (Å²) in [5, 5.41) is 0. The van der Waals surface area contributed by atoms with Gasteiger partial charge in [0.15, 0.2) is 0 Å². The number of nitrogens with zero attached hydrogens (tertiary/aromatic N) is 1. The molecule has 0 aliphatic heterocycles. The summed E-state index contributed by atoms with van der Waals surface area (Å²) in [6, 6.07) is 0.959. The van der Waals surface area contributed by atoms with Crippen LogP contribution in [-0.4, -0.2) is 18.9 Å². The van der Waals surface area contributed by atoms with Crippen molar-refractivity contribution < 1.29 is 12.8 Å². The van der Waals surface area contributed by atoms with Crippen LogP contribution in [0.2, 0.25) is 0 Å². The summed E-state index contributed by atoms with van der Waals surface area (Å²) in [5.41, 5.74) is -0.523. The zero-order valence-corrected chi connectivity index (χ0v) is 11.0. The number of hydrogen-bond acceptors (Lipinski definition) is 3. The van der Waals surface area contributed by atoms with Crippen LogP contribution >= 0.6 is 0 Å². The topological polar surface area (TPSA) is 59.1 Å². The van der Waals surface area contributed by atoms with Crippen LogP contribution in [0.25, 0.3) is 0 Å². The number of nitrogens with one attached hydrogen (secondary N) is 1. The maximum absolute atomic E-state index is 12.9. The monoisotopic (exact) mass is 260 g/mol. The van der Waals surface area contributed by atoms with Gasteiger partial charge in [0.25, 0.3) is 0 Å². The van der Waals surface area contributed by atoms with E-state index in [9.17, 15) is 12.8 Å². The molecule has 1 aromatic rings. The summed E-state index contributed by atoms with van der Waals surface area (Å²) in [4.78, 5) is 3.39. The van der Waals surface area contributed by atoms with Gasteiger partial charge in [-0.05, 0) is 25.8 Å².